The predicted molar refractivity (Wildman–Crippen MR) is 106 cm³/mol. The van der Waals surface area contributed by atoms with Gasteiger partial charge < -0.3 is 9.64 Å². The highest BCUT2D eigenvalue weighted by atomic mass is 16.5. The van der Waals surface area contributed by atoms with Crippen molar-refractivity contribution < 1.29 is 4.74 Å². The summed E-state index contributed by atoms with van der Waals surface area (Å²) in [6.45, 7) is 3.38. The minimum absolute atomic E-state index is 0.178. The van der Waals surface area contributed by atoms with Gasteiger partial charge in [0.25, 0.3) is 0 Å². The molecule has 1 saturated carbocycles. The summed E-state index contributed by atoms with van der Waals surface area (Å²) in [6.07, 6.45) is 9.20. The van der Waals surface area contributed by atoms with E-state index >= 15 is 0 Å². The van der Waals surface area contributed by atoms with Crippen molar-refractivity contribution in [1.29, 1.82) is 0 Å². The van der Waals surface area contributed by atoms with E-state index in [1.807, 2.05) is 24.3 Å². The predicted octanol–water partition coefficient (Wildman–Crippen LogP) is 3.33. The van der Waals surface area contributed by atoms with Crippen LogP contribution in [0, 0.1) is 5.92 Å². The molecule has 1 aromatic heterocycles. The number of H-pyrrole nitrogens is 1. The lowest BCUT2D eigenvalue weighted by atomic mass is 9.88. The van der Waals surface area contributed by atoms with E-state index in [1.165, 1.54) is 56.3 Å². The minimum Gasteiger partial charge on any atom is -0.497 e. The van der Waals surface area contributed by atoms with Crippen LogP contribution in [0.2, 0.25) is 0 Å². The second-order valence-electron chi connectivity index (χ2n) is 8.03. The quantitative estimate of drug-likeness (QED) is 0.877. The van der Waals surface area contributed by atoms with E-state index in [9.17, 15) is 4.79 Å². The van der Waals surface area contributed by atoms with Crippen molar-refractivity contribution in [1.82, 2.24) is 19.7 Å². The molecule has 2 aromatic rings. The molecule has 0 amide bonds. The van der Waals surface area contributed by atoms with Gasteiger partial charge in [0.05, 0.1) is 12.8 Å². The number of aromatic nitrogens is 3. The fourth-order valence-electron chi connectivity index (χ4n) is 4.62. The van der Waals surface area contributed by atoms with Gasteiger partial charge in [0.15, 0.2) is 0 Å². The van der Waals surface area contributed by atoms with Crippen molar-refractivity contribution >= 4 is 0 Å². The maximum atomic E-state index is 12.5. The first-order valence-corrected chi connectivity index (χ1v) is 10.3. The molecule has 2 fully saturated rings. The second kappa shape index (κ2) is 8.30. The number of nitrogens with one attached hydrogen (secondary N) is 1. The van der Waals surface area contributed by atoms with Crippen molar-refractivity contribution in [2.24, 2.45) is 5.92 Å². The molecular formula is C21H30N4O2. The zero-order valence-electron chi connectivity index (χ0n) is 16.2. The highest BCUT2D eigenvalue weighted by molar-refractivity contribution is 5.38. The number of benzene rings is 1. The minimum atomic E-state index is -0.178. The maximum absolute atomic E-state index is 12.5. The highest BCUT2D eigenvalue weighted by Gasteiger charge is 2.27. The van der Waals surface area contributed by atoms with Crippen molar-refractivity contribution in [2.75, 3.05) is 26.7 Å². The third-order valence-electron chi connectivity index (χ3n) is 6.07. The van der Waals surface area contributed by atoms with Crippen molar-refractivity contribution in [3.05, 3.63) is 40.6 Å². The molecular weight excluding hydrogens is 340 g/mol. The van der Waals surface area contributed by atoms with Crippen molar-refractivity contribution in [3.63, 3.8) is 0 Å². The van der Waals surface area contributed by atoms with Crippen LogP contribution in [0.3, 0.4) is 0 Å². The van der Waals surface area contributed by atoms with Crippen molar-refractivity contribution in [3.8, 4) is 11.4 Å². The third kappa shape index (κ3) is 4.26. The van der Waals surface area contributed by atoms with Gasteiger partial charge in [-0.3, -0.25) is 4.98 Å². The molecule has 1 saturated heterocycles. The Bertz CT molecular complexity index is 807. The summed E-state index contributed by atoms with van der Waals surface area (Å²) in [5, 5.41) is 4.63. The normalized spacial score (nSPS) is 22.0. The molecule has 6 nitrogen and oxygen atoms in total. The van der Waals surface area contributed by atoms with Gasteiger partial charge in [-0.1, -0.05) is 25.3 Å². The molecule has 0 radical (unpaired) electrons. The van der Waals surface area contributed by atoms with Crippen LogP contribution in [0.5, 0.6) is 5.75 Å². The van der Waals surface area contributed by atoms with Gasteiger partial charge in [0.2, 0.25) is 0 Å². The first-order chi connectivity index (χ1) is 13.2. The molecule has 1 unspecified atom stereocenters. The van der Waals surface area contributed by atoms with E-state index < -0.39 is 0 Å². The number of aromatic amines is 1. The number of piperidine rings is 1. The number of nitrogens with zero attached hydrogens (tertiary/aromatic N) is 3. The largest absolute Gasteiger partial charge is 0.497 e. The summed E-state index contributed by atoms with van der Waals surface area (Å²) >= 11 is 0. The lowest BCUT2D eigenvalue weighted by Gasteiger charge is -2.35. The Morgan fingerprint density at radius 3 is 2.85 bits per heavy atom. The van der Waals surface area contributed by atoms with Crippen LogP contribution in [-0.2, 0) is 0 Å². The highest BCUT2D eigenvalue weighted by Crippen LogP contribution is 2.29. The van der Waals surface area contributed by atoms with Gasteiger partial charge in [0, 0.05) is 25.1 Å². The molecule has 1 aliphatic heterocycles. The summed E-state index contributed by atoms with van der Waals surface area (Å²) in [6, 6.07) is 7.46. The van der Waals surface area contributed by atoms with Gasteiger partial charge in [-0.2, -0.15) is 4.68 Å². The zero-order chi connectivity index (χ0) is 18.6. The standard InChI is InChI=1S/C21H30N4O2/c1-27-19-11-5-10-18(13-19)25-21(26)22-20(23-25)17-9-6-12-24(15-17)14-16-7-3-2-4-8-16/h5,10-11,13,16-17H,2-4,6-9,12,14-15H2,1H3,(H,22,23,26). The van der Waals surface area contributed by atoms with E-state index in [0.717, 1.165) is 36.1 Å². The fourth-order valence-corrected chi connectivity index (χ4v) is 4.62. The number of likely N-dealkylation sites (tertiary alicyclic amines) is 1. The topological polar surface area (TPSA) is 63.1 Å². The molecule has 1 aromatic carbocycles. The molecule has 2 aliphatic rings. The molecule has 4 rings (SSSR count). The number of hydrogen-bond donors (Lipinski definition) is 1. The van der Waals surface area contributed by atoms with Gasteiger partial charge >= 0.3 is 5.69 Å². The van der Waals surface area contributed by atoms with Crippen LogP contribution >= 0.6 is 0 Å². The molecule has 0 bridgehead atoms. The summed E-state index contributed by atoms with van der Waals surface area (Å²) in [5.41, 5.74) is 0.555. The molecule has 2 heterocycles. The van der Waals surface area contributed by atoms with Crippen LogP contribution in [0.25, 0.3) is 5.69 Å². The number of ether oxygens (including phenoxy) is 1. The summed E-state index contributed by atoms with van der Waals surface area (Å²) in [7, 11) is 1.63. The maximum Gasteiger partial charge on any atom is 0.348 e. The van der Waals surface area contributed by atoms with Gasteiger partial charge in [0.1, 0.15) is 11.6 Å². The Balaban J connectivity index is 1.47. The van der Waals surface area contributed by atoms with E-state index in [0.29, 0.717) is 5.92 Å². The summed E-state index contributed by atoms with van der Waals surface area (Å²) in [4.78, 5) is 18.1. The van der Waals surface area contributed by atoms with Crippen LogP contribution in [0.1, 0.15) is 56.7 Å². The van der Waals surface area contributed by atoms with Gasteiger partial charge in [-0.25, -0.2) is 4.79 Å². The average Bonchev–Trinajstić information content (AvgIpc) is 3.11. The first-order valence-electron chi connectivity index (χ1n) is 10.3. The first kappa shape index (κ1) is 18.3. The molecule has 6 heteroatoms. The Morgan fingerprint density at radius 1 is 1.19 bits per heavy atom. The lowest BCUT2D eigenvalue weighted by molar-refractivity contribution is 0.158. The molecule has 1 aliphatic carbocycles. The summed E-state index contributed by atoms with van der Waals surface area (Å²) < 4.78 is 6.72. The molecule has 27 heavy (non-hydrogen) atoms. The van der Waals surface area contributed by atoms with Gasteiger partial charge in [-0.15, -0.1) is 5.10 Å². The molecule has 1 N–H and O–H groups in total. The van der Waals surface area contributed by atoms with Crippen LogP contribution in [0.4, 0.5) is 0 Å². The fraction of sp³-hybridized carbons (Fsp3) is 0.619. The number of hydrogen-bond acceptors (Lipinski definition) is 4. The van der Waals surface area contributed by atoms with E-state index in [-0.39, 0.29) is 5.69 Å². The molecule has 1 atom stereocenters. The molecule has 146 valence electrons. The Kier molecular flexibility index (Phi) is 5.62. The zero-order valence-corrected chi connectivity index (χ0v) is 16.2. The SMILES string of the molecule is COc1cccc(-n2nc(C3CCCN(CC4CCCCC4)C3)[nH]c2=O)c1. The monoisotopic (exact) mass is 370 g/mol. The van der Waals surface area contributed by atoms with Gasteiger partial charge in [-0.05, 0) is 50.3 Å². The van der Waals surface area contributed by atoms with Crippen molar-refractivity contribution in [2.45, 2.75) is 50.9 Å². The average molecular weight is 370 g/mol. The summed E-state index contributed by atoms with van der Waals surface area (Å²) in [5.74, 6) is 2.70. The number of rotatable bonds is 5. The third-order valence-corrected chi connectivity index (χ3v) is 6.07. The lowest BCUT2D eigenvalue weighted by Crippen LogP contribution is -2.38. The Morgan fingerprint density at radius 2 is 2.04 bits per heavy atom. The molecule has 0 spiro atoms. The van der Waals surface area contributed by atoms with E-state index in [4.69, 9.17) is 4.74 Å². The Labute approximate surface area is 160 Å². The van der Waals surface area contributed by atoms with E-state index in [1.54, 1.807) is 7.11 Å². The number of methoxy groups -OCH3 is 1. The van der Waals surface area contributed by atoms with Crippen LogP contribution < -0.4 is 10.4 Å². The van der Waals surface area contributed by atoms with E-state index in [2.05, 4.69) is 15.0 Å². The van der Waals surface area contributed by atoms with Crippen LogP contribution in [-0.4, -0.2) is 46.4 Å². The Hall–Kier alpha value is -2.08. The second-order valence-corrected chi connectivity index (χ2v) is 8.03. The van der Waals surface area contributed by atoms with Crippen LogP contribution in [0.15, 0.2) is 29.1 Å². The smallest absolute Gasteiger partial charge is 0.348 e.